The molecule has 14 heavy (non-hydrogen) atoms. The fraction of sp³-hybridized carbons (Fsp3) is 0.375. The van der Waals surface area contributed by atoms with Gasteiger partial charge in [-0.25, -0.2) is 4.98 Å². The molecule has 0 N–H and O–H groups in total. The van der Waals surface area contributed by atoms with E-state index in [2.05, 4.69) is 19.9 Å². The monoisotopic (exact) mass is 195 g/mol. The van der Waals surface area contributed by atoms with Crippen molar-refractivity contribution in [2.24, 2.45) is 0 Å². The molecule has 0 fully saturated rings. The minimum absolute atomic E-state index is 0.0704. The Morgan fingerprint density at radius 3 is 2.64 bits per heavy atom. The van der Waals surface area contributed by atoms with Crippen LogP contribution in [0.25, 0.3) is 0 Å². The van der Waals surface area contributed by atoms with Crippen molar-refractivity contribution < 1.29 is 14.3 Å². The van der Waals surface area contributed by atoms with E-state index < -0.39 is 11.8 Å². The minimum Gasteiger partial charge on any atom is -0.469 e. The van der Waals surface area contributed by atoms with E-state index in [1.165, 1.54) is 13.3 Å². The van der Waals surface area contributed by atoms with Crippen molar-refractivity contribution in [1.29, 1.82) is 0 Å². The number of rotatable bonds is 3. The van der Waals surface area contributed by atoms with Crippen LogP contribution < -0.4 is 0 Å². The van der Waals surface area contributed by atoms with Gasteiger partial charge in [-0.1, -0.05) is 0 Å². The van der Waals surface area contributed by atoms with E-state index in [0.29, 0.717) is 5.82 Å². The molecule has 0 bridgehead atoms. The van der Waals surface area contributed by atoms with E-state index in [1.54, 1.807) is 6.92 Å². The molecule has 0 unspecified atom stereocenters. The van der Waals surface area contributed by atoms with Gasteiger partial charge in [0.25, 0.3) is 0 Å². The van der Waals surface area contributed by atoms with Crippen LogP contribution in [0.2, 0.25) is 0 Å². The third kappa shape index (κ3) is 2.58. The second-order valence-electron chi connectivity index (χ2n) is 2.57. The van der Waals surface area contributed by atoms with Crippen molar-refractivity contribution in [2.75, 3.05) is 7.11 Å². The summed E-state index contributed by atoms with van der Waals surface area (Å²) in [6.07, 6.45) is 0.948. The first-order chi connectivity index (χ1) is 6.63. The largest absolute Gasteiger partial charge is 0.469 e. The smallest absolute Gasteiger partial charge is 0.313 e. The van der Waals surface area contributed by atoms with Crippen LogP contribution in [-0.2, 0) is 9.53 Å². The molecular formula is C8H9N3O3. The summed E-state index contributed by atoms with van der Waals surface area (Å²) in [6.45, 7) is 1.65. The predicted molar refractivity (Wildman–Crippen MR) is 45.5 cm³/mol. The number of carbonyl (C=O) groups excluding carboxylic acids is 2. The first-order valence-corrected chi connectivity index (χ1v) is 3.90. The van der Waals surface area contributed by atoms with E-state index in [1.807, 2.05) is 0 Å². The Morgan fingerprint density at radius 2 is 2.14 bits per heavy atom. The Bertz CT molecular complexity index is 347. The number of esters is 1. The zero-order chi connectivity index (χ0) is 10.6. The van der Waals surface area contributed by atoms with Crippen LogP contribution in [-0.4, -0.2) is 34.0 Å². The van der Waals surface area contributed by atoms with Gasteiger partial charge < -0.3 is 4.74 Å². The number of aromatic nitrogens is 3. The molecule has 6 nitrogen and oxygen atoms in total. The Balaban J connectivity index is 2.70. The molecule has 1 aromatic heterocycles. The number of methoxy groups -OCH3 is 1. The summed E-state index contributed by atoms with van der Waals surface area (Å²) in [6, 6.07) is 0. The number of hydrogen-bond donors (Lipinski definition) is 0. The number of aryl methyl sites for hydroxylation is 1. The van der Waals surface area contributed by atoms with Gasteiger partial charge in [0.2, 0.25) is 0 Å². The highest BCUT2D eigenvalue weighted by atomic mass is 16.5. The van der Waals surface area contributed by atoms with Gasteiger partial charge in [-0.15, -0.1) is 10.2 Å². The van der Waals surface area contributed by atoms with E-state index in [0.717, 1.165) is 0 Å². The highest BCUT2D eigenvalue weighted by molar-refractivity contribution is 6.04. The predicted octanol–water partition coefficient (Wildman–Crippen LogP) is -0.0742. The highest BCUT2D eigenvalue weighted by Crippen LogP contribution is 1.98. The van der Waals surface area contributed by atoms with Gasteiger partial charge in [0.15, 0.2) is 5.78 Å². The SMILES string of the molecule is COC(=O)CC(=O)c1cnc(C)nn1. The van der Waals surface area contributed by atoms with Gasteiger partial charge in [0, 0.05) is 0 Å². The molecule has 0 saturated carbocycles. The van der Waals surface area contributed by atoms with E-state index >= 15 is 0 Å². The number of carbonyl (C=O) groups is 2. The summed E-state index contributed by atoms with van der Waals surface area (Å²) < 4.78 is 4.34. The number of Topliss-reactive ketones (excluding diaryl/α,β-unsaturated/α-hetero) is 1. The van der Waals surface area contributed by atoms with Crippen LogP contribution in [0.4, 0.5) is 0 Å². The fourth-order valence-corrected chi connectivity index (χ4v) is 0.754. The van der Waals surface area contributed by atoms with Crippen LogP contribution in [0.5, 0.6) is 0 Å². The lowest BCUT2D eigenvalue weighted by Gasteiger charge is -1.97. The summed E-state index contributed by atoms with van der Waals surface area (Å²) in [5.74, 6) is -0.575. The van der Waals surface area contributed by atoms with Gasteiger partial charge in [0.1, 0.15) is 17.9 Å². The Morgan fingerprint density at radius 1 is 1.43 bits per heavy atom. The first-order valence-electron chi connectivity index (χ1n) is 3.90. The Kier molecular flexibility index (Phi) is 3.22. The molecule has 0 saturated heterocycles. The van der Waals surface area contributed by atoms with Gasteiger partial charge >= 0.3 is 5.97 Å². The van der Waals surface area contributed by atoms with Crippen LogP contribution >= 0.6 is 0 Å². The summed E-state index contributed by atoms with van der Waals surface area (Å²) in [5.41, 5.74) is 0.0704. The van der Waals surface area contributed by atoms with Crippen molar-refractivity contribution in [3.05, 3.63) is 17.7 Å². The van der Waals surface area contributed by atoms with Crippen LogP contribution in [0.3, 0.4) is 0 Å². The molecule has 0 aliphatic heterocycles. The van der Waals surface area contributed by atoms with Crippen LogP contribution in [0.15, 0.2) is 6.20 Å². The van der Waals surface area contributed by atoms with Crippen LogP contribution in [0, 0.1) is 6.92 Å². The number of ether oxygens (including phenoxy) is 1. The summed E-state index contributed by atoms with van der Waals surface area (Å²) in [5, 5.41) is 7.19. The highest BCUT2D eigenvalue weighted by Gasteiger charge is 2.13. The van der Waals surface area contributed by atoms with Crippen molar-refractivity contribution in [3.63, 3.8) is 0 Å². The van der Waals surface area contributed by atoms with Gasteiger partial charge in [-0.2, -0.15) is 0 Å². The molecule has 1 aromatic rings. The quantitative estimate of drug-likeness (QED) is 0.381. The van der Waals surface area contributed by atoms with Crippen LogP contribution in [0.1, 0.15) is 22.7 Å². The molecule has 0 radical (unpaired) electrons. The molecule has 6 heteroatoms. The standard InChI is InChI=1S/C8H9N3O3/c1-5-9-4-6(11-10-5)7(12)3-8(13)14-2/h4H,3H2,1-2H3. The average Bonchev–Trinajstić information content (AvgIpc) is 2.18. The lowest BCUT2D eigenvalue weighted by atomic mass is 10.2. The first kappa shape index (κ1) is 10.2. The molecule has 74 valence electrons. The van der Waals surface area contributed by atoms with E-state index in [-0.39, 0.29) is 12.1 Å². The third-order valence-corrected chi connectivity index (χ3v) is 1.49. The second-order valence-corrected chi connectivity index (χ2v) is 2.57. The molecule has 0 amide bonds. The summed E-state index contributed by atoms with van der Waals surface area (Å²) in [4.78, 5) is 25.8. The third-order valence-electron chi connectivity index (χ3n) is 1.49. The molecule has 0 aliphatic carbocycles. The summed E-state index contributed by atoms with van der Waals surface area (Å²) in [7, 11) is 1.22. The maximum atomic E-state index is 11.3. The Labute approximate surface area is 80.3 Å². The zero-order valence-corrected chi connectivity index (χ0v) is 7.85. The molecule has 0 spiro atoms. The van der Waals surface area contributed by atoms with E-state index in [9.17, 15) is 9.59 Å². The van der Waals surface area contributed by atoms with Gasteiger partial charge in [0.05, 0.1) is 13.3 Å². The van der Waals surface area contributed by atoms with Gasteiger partial charge in [-0.05, 0) is 6.92 Å². The summed E-state index contributed by atoms with van der Waals surface area (Å²) >= 11 is 0. The second kappa shape index (κ2) is 4.40. The van der Waals surface area contributed by atoms with Crippen molar-refractivity contribution in [1.82, 2.24) is 15.2 Å². The van der Waals surface area contributed by atoms with Crippen molar-refractivity contribution in [3.8, 4) is 0 Å². The lowest BCUT2D eigenvalue weighted by molar-refractivity contribution is -0.139. The molecule has 1 heterocycles. The molecule has 0 atom stereocenters. The zero-order valence-electron chi connectivity index (χ0n) is 7.85. The van der Waals surface area contributed by atoms with Gasteiger partial charge in [-0.3, -0.25) is 9.59 Å². The normalized spacial score (nSPS) is 9.57. The fourth-order valence-electron chi connectivity index (χ4n) is 0.754. The molecule has 0 aromatic carbocycles. The number of hydrogen-bond acceptors (Lipinski definition) is 6. The average molecular weight is 195 g/mol. The molecule has 0 aliphatic rings. The van der Waals surface area contributed by atoms with Crippen molar-refractivity contribution in [2.45, 2.75) is 13.3 Å². The number of nitrogens with zero attached hydrogens (tertiary/aromatic N) is 3. The molecular weight excluding hydrogens is 186 g/mol. The lowest BCUT2D eigenvalue weighted by Crippen LogP contribution is -2.12. The number of ketones is 1. The maximum absolute atomic E-state index is 11.3. The Hall–Kier alpha value is -1.85. The van der Waals surface area contributed by atoms with E-state index in [4.69, 9.17) is 0 Å². The maximum Gasteiger partial charge on any atom is 0.313 e. The topological polar surface area (TPSA) is 82.0 Å². The minimum atomic E-state index is -0.600. The van der Waals surface area contributed by atoms with Crippen molar-refractivity contribution >= 4 is 11.8 Å². The molecule has 1 rings (SSSR count).